The van der Waals surface area contributed by atoms with E-state index in [2.05, 4.69) is 15.7 Å². The predicted molar refractivity (Wildman–Crippen MR) is 136 cm³/mol. The van der Waals surface area contributed by atoms with E-state index in [1.165, 1.54) is 6.08 Å². The molecule has 1 atom stereocenters. The number of halogens is 1. The molecule has 3 aromatic rings. The quantitative estimate of drug-likeness (QED) is 0.425. The van der Waals surface area contributed by atoms with Crippen molar-refractivity contribution >= 4 is 35.2 Å². The number of aryl methyl sites for hydroxylation is 1. The second-order valence-electron chi connectivity index (χ2n) is 8.78. The minimum absolute atomic E-state index is 0.0833. The number of amides is 2. The van der Waals surface area contributed by atoms with Gasteiger partial charge in [-0.3, -0.25) is 14.3 Å². The first-order valence-electron chi connectivity index (χ1n) is 11.5. The molecule has 1 aliphatic rings. The van der Waals surface area contributed by atoms with Gasteiger partial charge < -0.3 is 10.6 Å². The fourth-order valence-corrected chi connectivity index (χ4v) is 4.04. The van der Waals surface area contributed by atoms with Crippen molar-refractivity contribution in [1.29, 1.82) is 0 Å². The summed E-state index contributed by atoms with van der Waals surface area (Å²) in [5.74, 6) is 0.0662. The minimum atomic E-state index is -0.184. The zero-order chi connectivity index (χ0) is 24.2. The van der Waals surface area contributed by atoms with E-state index in [-0.39, 0.29) is 23.8 Å². The van der Waals surface area contributed by atoms with Gasteiger partial charge in [-0.1, -0.05) is 41.9 Å². The number of aromatic nitrogens is 2. The lowest BCUT2D eigenvalue weighted by molar-refractivity contribution is -0.118. The number of rotatable bonds is 8. The molecule has 34 heavy (non-hydrogen) atoms. The number of hydrogen-bond donors (Lipinski definition) is 2. The topological polar surface area (TPSA) is 76.0 Å². The maximum absolute atomic E-state index is 12.6. The Balaban J connectivity index is 1.36. The van der Waals surface area contributed by atoms with Crippen LogP contribution < -0.4 is 10.6 Å². The molecule has 1 aliphatic carbocycles. The molecule has 176 valence electrons. The van der Waals surface area contributed by atoms with Crippen molar-refractivity contribution < 1.29 is 9.59 Å². The molecule has 0 saturated heterocycles. The highest BCUT2D eigenvalue weighted by atomic mass is 35.5. The van der Waals surface area contributed by atoms with Crippen molar-refractivity contribution in [3.63, 3.8) is 0 Å². The molecule has 0 radical (unpaired) electrons. The fourth-order valence-electron chi connectivity index (χ4n) is 3.84. The van der Waals surface area contributed by atoms with Crippen molar-refractivity contribution in [2.75, 3.05) is 5.32 Å². The van der Waals surface area contributed by atoms with Gasteiger partial charge in [0.25, 0.3) is 0 Å². The molecule has 0 spiro atoms. The lowest BCUT2D eigenvalue weighted by Gasteiger charge is -2.14. The second kappa shape index (κ2) is 10.3. The van der Waals surface area contributed by atoms with E-state index >= 15 is 0 Å². The summed E-state index contributed by atoms with van der Waals surface area (Å²) in [5, 5.41) is 11.2. The van der Waals surface area contributed by atoms with Crippen LogP contribution in [0.2, 0.25) is 5.02 Å². The first kappa shape index (κ1) is 23.8. The molecular formula is C27H29ClN4O2. The maximum atomic E-state index is 12.6. The SMILES string of the molecule is Cc1nn(Cc2ccccc2Cl)c(C)c1/C=C/C(=O)NC(C)c1ccc(NC(=O)C2CC2)cc1. The monoisotopic (exact) mass is 476 g/mol. The molecule has 6 nitrogen and oxygen atoms in total. The Labute approximate surface area is 205 Å². The van der Waals surface area contributed by atoms with Crippen molar-refractivity contribution in [3.05, 3.63) is 87.7 Å². The molecule has 4 rings (SSSR count). The number of nitrogens with zero attached hydrogens (tertiary/aromatic N) is 2. The van der Waals surface area contributed by atoms with Crippen LogP contribution in [0.3, 0.4) is 0 Å². The number of carbonyl (C=O) groups is 2. The molecule has 0 bridgehead atoms. The van der Waals surface area contributed by atoms with Crippen LogP contribution in [0.1, 0.15) is 53.9 Å². The maximum Gasteiger partial charge on any atom is 0.244 e. The molecule has 1 unspecified atom stereocenters. The number of nitrogens with one attached hydrogen (secondary N) is 2. The Morgan fingerprint density at radius 2 is 1.85 bits per heavy atom. The van der Waals surface area contributed by atoms with E-state index < -0.39 is 0 Å². The standard InChI is InChI=1S/C27H29ClN4O2/c1-17(20-10-12-23(13-11-20)30-27(34)21-8-9-21)29-26(33)15-14-24-18(2)31-32(19(24)3)16-22-6-4-5-7-25(22)28/h4-7,10-15,17,21H,8-9,16H2,1-3H3,(H,29,33)(H,30,34)/b15-14+. The summed E-state index contributed by atoms with van der Waals surface area (Å²) in [5.41, 5.74) is 5.48. The third-order valence-electron chi connectivity index (χ3n) is 6.10. The van der Waals surface area contributed by atoms with Crippen LogP contribution in [0.5, 0.6) is 0 Å². The molecule has 7 heteroatoms. The molecule has 1 saturated carbocycles. The largest absolute Gasteiger partial charge is 0.346 e. The average Bonchev–Trinajstić information content (AvgIpc) is 3.62. The molecule has 2 N–H and O–H groups in total. The van der Waals surface area contributed by atoms with Gasteiger partial charge in [-0.15, -0.1) is 0 Å². The van der Waals surface area contributed by atoms with E-state index in [0.29, 0.717) is 11.6 Å². The van der Waals surface area contributed by atoms with Gasteiger partial charge in [-0.25, -0.2) is 0 Å². The third-order valence-corrected chi connectivity index (χ3v) is 6.47. The van der Waals surface area contributed by atoms with Crippen molar-refractivity contribution in [3.8, 4) is 0 Å². The van der Waals surface area contributed by atoms with E-state index in [4.69, 9.17) is 11.6 Å². The first-order valence-corrected chi connectivity index (χ1v) is 11.9. The summed E-state index contributed by atoms with van der Waals surface area (Å²) in [6.45, 7) is 6.42. The Hall–Kier alpha value is -3.38. The van der Waals surface area contributed by atoms with E-state index in [9.17, 15) is 9.59 Å². The van der Waals surface area contributed by atoms with Gasteiger partial charge in [0.1, 0.15) is 0 Å². The summed E-state index contributed by atoms with van der Waals surface area (Å²) < 4.78 is 1.90. The lowest BCUT2D eigenvalue weighted by atomic mass is 10.1. The fraction of sp³-hybridized carbons (Fsp3) is 0.296. The Morgan fingerprint density at radius 1 is 1.15 bits per heavy atom. The van der Waals surface area contributed by atoms with Gasteiger partial charge in [0.15, 0.2) is 0 Å². The number of hydrogen-bond acceptors (Lipinski definition) is 3. The van der Waals surface area contributed by atoms with Crippen LogP contribution in [0.25, 0.3) is 6.08 Å². The van der Waals surface area contributed by atoms with Crippen molar-refractivity contribution in [2.45, 2.75) is 46.2 Å². The highest BCUT2D eigenvalue weighted by Gasteiger charge is 2.29. The summed E-state index contributed by atoms with van der Waals surface area (Å²) in [6, 6.07) is 15.1. The molecule has 0 aliphatic heterocycles. The zero-order valence-electron chi connectivity index (χ0n) is 19.6. The van der Waals surface area contributed by atoms with Crippen LogP contribution >= 0.6 is 11.6 Å². The number of carbonyl (C=O) groups excluding carboxylic acids is 2. The van der Waals surface area contributed by atoms with Gasteiger partial charge in [0.2, 0.25) is 11.8 Å². The second-order valence-corrected chi connectivity index (χ2v) is 9.19. The zero-order valence-corrected chi connectivity index (χ0v) is 20.4. The van der Waals surface area contributed by atoms with E-state index in [1.54, 1.807) is 6.08 Å². The number of anilines is 1. The highest BCUT2D eigenvalue weighted by Crippen LogP contribution is 2.30. The van der Waals surface area contributed by atoms with Crippen LogP contribution in [0, 0.1) is 19.8 Å². The third kappa shape index (κ3) is 5.75. The van der Waals surface area contributed by atoms with Crippen LogP contribution in [0.15, 0.2) is 54.6 Å². The van der Waals surface area contributed by atoms with Crippen molar-refractivity contribution in [1.82, 2.24) is 15.1 Å². The Bertz CT molecular complexity index is 1230. The van der Waals surface area contributed by atoms with Crippen LogP contribution in [-0.2, 0) is 16.1 Å². The van der Waals surface area contributed by atoms with Gasteiger partial charge in [0.05, 0.1) is 18.3 Å². The summed E-state index contributed by atoms with van der Waals surface area (Å²) in [4.78, 5) is 24.5. The minimum Gasteiger partial charge on any atom is -0.346 e. The van der Waals surface area contributed by atoms with Crippen LogP contribution in [-0.4, -0.2) is 21.6 Å². The van der Waals surface area contributed by atoms with E-state index in [0.717, 1.165) is 46.6 Å². The van der Waals surface area contributed by atoms with Gasteiger partial charge in [-0.05, 0) is 69.0 Å². The Morgan fingerprint density at radius 3 is 2.53 bits per heavy atom. The normalized spacial score (nSPS) is 14.2. The molecular weight excluding hydrogens is 448 g/mol. The average molecular weight is 477 g/mol. The van der Waals surface area contributed by atoms with Gasteiger partial charge in [0, 0.05) is 34.0 Å². The molecule has 2 amide bonds. The molecule has 1 heterocycles. The molecule has 2 aromatic carbocycles. The smallest absolute Gasteiger partial charge is 0.244 e. The summed E-state index contributed by atoms with van der Waals surface area (Å²) in [6.07, 6.45) is 5.29. The first-order chi connectivity index (χ1) is 16.3. The van der Waals surface area contributed by atoms with Crippen molar-refractivity contribution in [2.24, 2.45) is 5.92 Å². The number of benzene rings is 2. The van der Waals surface area contributed by atoms with Gasteiger partial charge in [-0.2, -0.15) is 5.10 Å². The van der Waals surface area contributed by atoms with E-state index in [1.807, 2.05) is 74.0 Å². The molecule has 1 aromatic heterocycles. The highest BCUT2D eigenvalue weighted by molar-refractivity contribution is 6.31. The Kier molecular flexibility index (Phi) is 7.17. The molecule has 1 fully saturated rings. The van der Waals surface area contributed by atoms with Gasteiger partial charge >= 0.3 is 0 Å². The lowest BCUT2D eigenvalue weighted by Crippen LogP contribution is -2.24. The summed E-state index contributed by atoms with van der Waals surface area (Å²) in [7, 11) is 0. The van der Waals surface area contributed by atoms with Crippen LogP contribution in [0.4, 0.5) is 5.69 Å². The summed E-state index contributed by atoms with van der Waals surface area (Å²) >= 11 is 6.29. The predicted octanol–water partition coefficient (Wildman–Crippen LogP) is 5.44.